The Morgan fingerprint density at radius 1 is 0.857 bits per heavy atom. The summed E-state index contributed by atoms with van der Waals surface area (Å²) in [5.41, 5.74) is 8.65. The second kappa shape index (κ2) is 13.6. The predicted molar refractivity (Wildman–Crippen MR) is 170 cm³/mol. The molecule has 4 N–H and O–H groups in total. The number of carbonyl (C=O) groups is 1. The van der Waals surface area contributed by atoms with E-state index in [2.05, 4.69) is 44.3 Å². The lowest BCUT2D eigenvalue weighted by Gasteiger charge is -2.32. The minimum atomic E-state index is -0.345. The second-order valence-corrected chi connectivity index (χ2v) is 11.5. The third kappa shape index (κ3) is 6.92. The standard InChI is InChI=1S/C31H45N9O2/c1-4-40-29-25(9-10-26(35-29)23-5-7-24(32)8-6-23)28(41)27(30(40)33-11-13-38-19-15-36(2)16-20-38)31(42)34-12-14-39-21-17-37(3)18-22-39/h5-10,33H,4,11-22,32H2,1-3H3,(H,34,42). The van der Waals surface area contributed by atoms with Crippen molar-refractivity contribution in [2.75, 3.05) is 104 Å². The number of hydrogen-bond acceptors (Lipinski definition) is 9. The highest BCUT2D eigenvalue weighted by Gasteiger charge is 2.24. The van der Waals surface area contributed by atoms with E-state index in [-0.39, 0.29) is 16.9 Å². The highest BCUT2D eigenvalue weighted by atomic mass is 16.2. The molecule has 11 heteroatoms. The molecule has 1 aromatic carbocycles. The van der Waals surface area contributed by atoms with Gasteiger partial charge in [0.25, 0.3) is 5.91 Å². The highest BCUT2D eigenvalue weighted by Crippen LogP contribution is 2.25. The van der Waals surface area contributed by atoms with Crippen LogP contribution in [0.25, 0.3) is 22.3 Å². The van der Waals surface area contributed by atoms with Gasteiger partial charge < -0.3 is 30.7 Å². The van der Waals surface area contributed by atoms with E-state index in [9.17, 15) is 9.59 Å². The molecule has 2 fully saturated rings. The zero-order chi connectivity index (χ0) is 29.6. The monoisotopic (exact) mass is 575 g/mol. The fraction of sp³-hybridized carbons (Fsp3) is 0.516. The Balaban J connectivity index is 1.44. The van der Waals surface area contributed by atoms with Crippen molar-refractivity contribution in [3.8, 4) is 11.3 Å². The zero-order valence-corrected chi connectivity index (χ0v) is 25.2. The molecule has 2 aromatic heterocycles. The van der Waals surface area contributed by atoms with Crippen LogP contribution in [0.4, 0.5) is 11.5 Å². The Morgan fingerprint density at radius 2 is 1.45 bits per heavy atom. The number of carbonyl (C=O) groups excluding carboxylic acids is 1. The van der Waals surface area contributed by atoms with E-state index < -0.39 is 0 Å². The van der Waals surface area contributed by atoms with Gasteiger partial charge in [0.05, 0.1) is 11.1 Å². The minimum Gasteiger partial charge on any atom is -0.399 e. The quantitative estimate of drug-likeness (QED) is 0.308. The van der Waals surface area contributed by atoms with Crippen molar-refractivity contribution in [1.29, 1.82) is 0 Å². The molecule has 0 bridgehead atoms. The lowest BCUT2D eigenvalue weighted by molar-refractivity contribution is 0.0940. The van der Waals surface area contributed by atoms with Crippen molar-refractivity contribution in [3.63, 3.8) is 0 Å². The molecule has 0 spiro atoms. The number of nitrogen functional groups attached to an aromatic ring is 1. The summed E-state index contributed by atoms with van der Waals surface area (Å²) in [6.07, 6.45) is 0. The van der Waals surface area contributed by atoms with Gasteiger partial charge in [0.1, 0.15) is 17.0 Å². The molecule has 2 saturated heterocycles. The lowest BCUT2D eigenvalue weighted by Crippen LogP contribution is -2.47. The number of aromatic nitrogens is 2. The summed E-state index contributed by atoms with van der Waals surface area (Å²) in [5.74, 6) is 0.186. The van der Waals surface area contributed by atoms with Crippen LogP contribution in [-0.2, 0) is 6.54 Å². The normalized spacial score (nSPS) is 17.5. The second-order valence-electron chi connectivity index (χ2n) is 11.5. The number of rotatable bonds is 10. The van der Waals surface area contributed by atoms with E-state index in [0.29, 0.717) is 42.2 Å². The number of nitrogens with zero attached hydrogens (tertiary/aromatic N) is 6. The van der Waals surface area contributed by atoms with Crippen molar-refractivity contribution in [2.24, 2.45) is 0 Å². The molecular weight excluding hydrogens is 530 g/mol. The van der Waals surface area contributed by atoms with Gasteiger partial charge in [0.2, 0.25) is 5.43 Å². The molecule has 1 amide bonds. The van der Waals surface area contributed by atoms with Crippen LogP contribution in [0.3, 0.4) is 0 Å². The Kier molecular flexibility index (Phi) is 9.73. The number of aryl methyl sites for hydroxylation is 1. The van der Waals surface area contributed by atoms with Gasteiger partial charge in [-0.2, -0.15) is 0 Å². The number of likely N-dealkylation sites (N-methyl/N-ethyl adjacent to an activating group) is 2. The van der Waals surface area contributed by atoms with E-state index >= 15 is 0 Å². The van der Waals surface area contributed by atoms with Crippen LogP contribution in [0.2, 0.25) is 0 Å². The van der Waals surface area contributed by atoms with Gasteiger partial charge in [-0.3, -0.25) is 19.4 Å². The number of hydrogen-bond donors (Lipinski definition) is 3. The third-order valence-electron chi connectivity index (χ3n) is 8.48. The highest BCUT2D eigenvalue weighted by molar-refractivity contribution is 6.02. The van der Waals surface area contributed by atoms with E-state index in [1.54, 1.807) is 6.07 Å². The van der Waals surface area contributed by atoms with Gasteiger partial charge in [0, 0.05) is 96.3 Å². The van der Waals surface area contributed by atoms with Gasteiger partial charge in [-0.15, -0.1) is 0 Å². The maximum absolute atomic E-state index is 14.0. The van der Waals surface area contributed by atoms with Crippen LogP contribution in [-0.4, -0.2) is 128 Å². The van der Waals surface area contributed by atoms with E-state index in [1.165, 1.54) is 0 Å². The molecule has 0 atom stereocenters. The van der Waals surface area contributed by atoms with Gasteiger partial charge in [-0.05, 0) is 45.3 Å². The van der Waals surface area contributed by atoms with E-state index in [1.807, 2.05) is 41.8 Å². The fourth-order valence-electron chi connectivity index (χ4n) is 5.72. The summed E-state index contributed by atoms with van der Waals surface area (Å²) in [4.78, 5) is 42.0. The summed E-state index contributed by atoms with van der Waals surface area (Å²) in [6, 6.07) is 11.2. The topological polar surface area (TPSA) is 115 Å². The van der Waals surface area contributed by atoms with Crippen LogP contribution in [0.15, 0.2) is 41.2 Å². The van der Waals surface area contributed by atoms with Gasteiger partial charge in [-0.25, -0.2) is 4.98 Å². The van der Waals surface area contributed by atoms with Crippen molar-refractivity contribution in [1.82, 2.24) is 34.5 Å². The van der Waals surface area contributed by atoms with Crippen molar-refractivity contribution < 1.29 is 4.79 Å². The largest absolute Gasteiger partial charge is 0.399 e. The Bertz CT molecular complexity index is 1420. The molecule has 11 nitrogen and oxygen atoms in total. The number of nitrogens with two attached hydrogens (primary N) is 1. The number of fused-ring (bicyclic) bond motifs is 1. The Labute approximate surface area is 248 Å². The van der Waals surface area contributed by atoms with Crippen molar-refractivity contribution in [2.45, 2.75) is 13.5 Å². The fourth-order valence-corrected chi connectivity index (χ4v) is 5.72. The summed E-state index contributed by atoms with van der Waals surface area (Å²) in [5, 5.41) is 6.97. The summed E-state index contributed by atoms with van der Waals surface area (Å²) in [6.45, 7) is 13.3. The minimum absolute atomic E-state index is 0.156. The van der Waals surface area contributed by atoms with Crippen LogP contribution in [0, 0.1) is 0 Å². The van der Waals surface area contributed by atoms with Gasteiger partial charge >= 0.3 is 0 Å². The molecule has 0 aliphatic carbocycles. The Hall–Kier alpha value is -3.51. The maximum Gasteiger partial charge on any atom is 0.259 e. The summed E-state index contributed by atoms with van der Waals surface area (Å²) >= 11 is 0. The number of piperazine rings is 2. The van der Waals surface area contributed by atoms with E-state index in [4.69, 9.17) is 10.7 Å². The van der Waals surface area contributed by atoms with Gasteiger partial charge in [-0.1, -0.05) is 12.1 Å². The number of anilines is 2. The average molecular weight is 576 g/mol. The molecule has 42 heavy (non-hydrogen) atoms. The SMILES string of the molecule is CCn1c(NCCN2CCN(C)CC2)c(C(=O)NCCN2CCN(C)CC2)c(=O)c2ccc(-c3ccc(N)cc3)nc21. The molecule has 5 rings (SSSR count). The number of benzene rings is 1. The van der Waals surface area contributed by atoms with Gasteiger partial charge in [0.15, 0.2) is 0 Å². The predicted octanol–water partition coefficient (Wildman–Crippen LogP) is 1.30. The average Bonchev–Trinajstić information content (AvgIpc) is 2.99. The molecule has 4 heterocycles. The molecule has 0 saturated carbocycles. The number of nitrogens with one attached hydrogen (secondary N) is 2. The Morgan fingerprint density at radius 3 is 2.05 bits per heavy atom. The van der Waals surface area contributed by atoms with E-state index in [0.717, 1.165) is 76.7 Å². The molecule has 0 radical (unpaired) electrons. The molecule has 2 aliphatic heterocycles. The molecule has 0 unspecified atom stereocenters. The lowest BCUT2D eigenvalue weighted by atomic mass is 10.1. The molecule has 2 aliphatic rings. The first-order valence-electron chi connectivity index (χ1n) is 15.1. The number of pyridine rings is 2. The van der Waals surface area contributed by atoms with Crippen LogP contribution >= 0.6 is 0 Å². The van der Waals surface area contributed by atoms with Crippen LogP contribution in [0.1, 0.15) is 17.3 Å². The first-order valence-corrected chi connectivity index (χ1v) is 15.1. The summed E-state index contributed by atoms with van der Waals surface area (Å²) < 4.78 is 1.97. The maximum atomic E-state index is 14.0. The molecule has 3 aromatic rings. The van der Waals surface area contributed by atoms with Crippen molar-refractivity contribution >= 4 is 28.4 Å². The van der Waals surface area contributed by atoms with Crippen molar-refractivity contribution in [3.05, 3.63) is 52.2 Å². The first-order chi connectivity index (χ1) is 20.3. The third-order valence-corrected chi connectivity index (χ3v) is 8.48. The smallest absolute Gasteiger partial charge is 0.259 e. The number of amides is 1. The first kappa shape index (κ1) is 30.0. The van der Waals surface area contributed by atoms with Crippen LogP contribution < -0.4 is 21.8 Å². The van der Waals surface area contributed by atoms with Crippen LogP contribution in [0.5, 0.6) is 0 Å². The molecular formula is C31H45N9O2. The molecule has 226 valence electrons. The zero-order valence-electron chi connectivity index (χ0n) is 25.2. The summed E-state index contributed by atoms with van der Waals surface area (Å²) in [7, 11) is 4.27.